The minimum absolute atomic E-state index is 0. The van der Waals surface area contributed by atoms with Crippen LogP contribution in [0.25, 0.3) is 0 Å². The molecule has 0 fully saturated rings. The molecule has 0 spiro atoms. The first-order valence-corrected chi connectivity index (χ1v) is 5.50. The standard InChI is InChI=1S/2C5H5.4ClH.O.2Ti/c2*1-2-4-5-3-1;;;;;;;/h2*1-3H,4H2;4*1H;;;/q;;;;;;-2;2*+3/p-4. The molecule has 0 N–H and O–H groups in total. The predicted molar refractivity (Wildman–Crippen MR) is 44.4 cm³/mol. The van der Waals surface area contributed by atoms with Crippen molar-refractivity contribution in [1.82, 2.24) is 0 Å². The fourth-order valence-corrected chi connectivity index (χ4v) is 1.56. The van der Waals surface area contributed by atoms with Crippen molar-refractivity contribution in [1.29, 1.82) is 0 Å². The summed E-state index contributed by atoms with van der Waals surface area (Å²) < 4.78 is 2.94. The van der Waals surface area contributed by atoms with E-state index in [2.05, 4.69) is 77.3 Å². The minimum atomic E-state index is 0. The van der Waals surface area contributed by atoms with Crippen molar-refractivity contribution in [3.05, 3.63) is 44.2 Å². The number of hydrogen-bond donors (Lipinski definition) is 0. The molecule has 0 bridgehead atoms. The van der Waals surface area contributed by atoms with Crippen LogP contribution >= 0.6 is 0 Å². The van der Waals surface area contributed by atoms with Gasteiger partial charge in [-0.2, -0.15) is 0 Å². The first-order chi connectivity index (χ1) is 5.79. The van der Waals surface area contributed by atoms with E-state index in [-0.39, 0.29) is 55.1 Å². The first-order valence-electron chi connectivity index (χ1n) is 3.93. The van der Waals surface area contributed by atoms with Gasteiger partial charge in [0.25, 0.3) is 0 Å². The van der Waals surface area contributed by atoms with Crippen molar-refractivity contribution >= 4 is 0 Å². The van der Waals surface area contributed by atoms with Crippen molar-refractivity contribution in [3.63, 3.8) is 0 Å². The molecule has 0 aliphatic heterocycles. The second kappa shape index (κ2) is 19.8. The maximum atomic E-state index is 2.16. The van der Waals surface area contributed by atoms with Crippen LogP contribution in [-0.2, 0) is 46.3 Å². The molecule has 2 aliphatic carbocycles. The van der Waals surface area contributed by atoms with E-state index >= 15 is 0 Å². The molecule has 0 unspecified atom stereocenters. The van der Waals surface area contributed by atoms with Gasteiger partial charge in [0.1, 0.15) is 0 Å². The van der Waals surface area contributed by atoms with Crippen LogP contribution in [-0.4, -0.2) is 0 Å². The van der Waals surface area contributed by atoms with Gasteiger partial charge in [0.2, 0.25) is 0 Å². The van der Waals surface area contributed by atoms with E-state index in [0.717, 1.165) is 0 Å². The molecule has 0 aromatic rings. The van der Waals surface area contributed by atoms with E-state index in [0.29, 0.717) is 0 Å². The summed E-state index contributed by atoms with van der Waals surface area (Å²) in [5, 5.41) is 0. The number of rotatable bonds is 0. The molecule has 0 amide bonds. The second-order valence-corrected chi connectivity index (χ2v) is 4.65. The zero-order chi connectivity index (χ0) is 8.81. The van der Waals surface area contributed by atoms with Gasteiger partial charge in [0.15, 0.2) is 0 Å². The molecule has 7 heteroatoms. The molecule has 0 saturated carbocycles. The Bertz CT molecular complexity index is 247. The molecule has 0 atom stereocenters. The van der Waals surface area contributed by atoms with Crippen LogP contribution in [0.5, 0.6) is 0 Å². The fourth-order valence-electron chi connectivity index (χ4n) is 0.894. The number of halogens is 4. The third-order valence-corrected chi connectivity index (χ3v) is 2.70. The molecule has 0 saturated heterocycles. The van der Waals surface area contributed by atoms with Gasteiger partial charge in [0.05, 0.1) is 0 Å². The quantitative estimate of drug-likeness (QED) is 0.372. The predicted octanol–water partition coefficient (Wildman–Crippen LogP) is -9.35. The van der Waals surface area contributed by atoms with Crippen LogP contribution in [0.2, 0.25) is 0 Å². The Balaban J connectivity index is -0.0000000436. The molecule has 92 valence electrons. The molecule has 0 aromatic carbocycles. The summed E-state index contributed by atoms with van der Waals surface area (Å²) in [5.41, 5.74) is 0. The Kier molecular flexibility index (Phi) is 36.3. The van der Waals surface area contributed by atoms with E-state index in [9.17, 15) is 0 Å². The average molecular weight is 384 g/mol. The number of allylic oxidation sites excluding steroid dienone is 8. The summed E-state index contributed by atoms with van der Waals surface area (Å²) in [6, 6.07) is 0. The summed E-state index contributed by atoms with van der Waals surface area (Å²) in [5.74, 6) is 0. The Hall–Kier alpha value is 1.51. The summed E-state index contributed by atoms with van der Waals surface area (Å²) in [6.07, 6.45) is 15.1. The Morgan fingerprint density at radius 3 is 1.06 bits per heavy atom. The third kappa shape index (κ3) is 17.5. The Labute approximate surface area is 151 Å². The number of hydrogen-bond acceptors (Lipinski definition) is 0. The maximum absolute atomic E-state index is 2.16. The zero-order valence-electron chi connectivity index (χ0n) is 8.80. The van der Waals surface area contributed by atoms with Gasteiger partial charge in [-0.25, -0.2) is 0 Å². The Morgan fingerprint density at radius 2 is 1.00 bits per heavy atom. The van der Waals surface area contributed by atoms with Crippen molar-refractivity contribution in [2.45, 2.75) is 12.8 Å². The Morgan fingerprint density at radius 1 is 0.706 bits per heavy atom. The van der Waals surface area contributed by atoms with E-state index < -0.39 is 0 Å². The van der Waals surface area contributed by atoms with E-state index in [1.165, 1.54) is 20.6 Å². The third-order valence-electron chi connectivity index (χ3n) is 1.54. The van der Waals surface area contributed by atoms with Gasteiger partial charge in [-0.15, -0.1) is 0 Å². The summed E-state index contributed by atoms with van der Waals surface area (Å²) in [7, 11) is 0. The van der Waals surface area contributed by atoms with Crippen molar-refractivity contribution in [2.75, 3.05) is 0 Å². The first kappa shape index (κ1) is 31.1. The van der Waals surface area contributed by atoms with Crippen molar-refractivity contribution in [2.24, 2.45) is 0 Å². The van der Waals surface area contributed by atoms with E-state index in [1.807, 2.05) is 0 Å². The van der Waals surface area contributed by atoms with Crippen molar-refractivity contribution < 1.29 is 96.0 Å². The zero-order valence-corrected chi connectivity index (χ0v) is 14.9. The van der Waals surface area contributed by atoms with Crippen molar-refractivity contribution in [3.8, 4) is 0 Å². The molecule has 0 heterocycles. The normalized spacial score (nSPS) is 13.2. The van der Waals surface area contributed by atoms with Crippen LogP contribution in [0.4, 0.5) is 0 Å². The van der Waals surface area contributed by atoms with Gasteiger partial charge in [-0.3, -0.25) is 0 Å². The molecule has 2 aliphatic rings. The van der Waals surface area contributed by atoms with Crippen LogP contribution in [0.15, 0.2) is 44.2 Å². The molecule has 17 heavy (non-hydrogen) atoms. The summed E-state index contributed by atoms with van der Waals surface area (Å²) in [6.45, 7) is 0. The molecular weight excluding hydrogens is 374 g/mol. The SMILES string of the molecule is [Cl-].[Cl-].[Cl-].[Cl-].[O-2].[Ti+3][C]1=CC=CC1.[Ti+3][C]1=CC=CC1. The van der Waals surface area contributed by atoms with Crippen LogP contribution in [0.3, 0.4) is 0 Å². The summed E-state index contributed by atoms with van der Waals surface area (Å²) in [4.78, 5) is 0. The van der Waals surface area contributed by atoms with Gasteiger partial charge >= 0.3 is 97.9 Å². The fraction of sp³-hybridized carbons (Fsp3) is 0.200. The average Bonchev–Trinajstić information content (AvgIpc) is 2.63. The van der Waals surface area contributed by atoms with Crippen LogP contribution < -0.4 is 49.6 Å². The monoisotopic (exact) mass is 382 g/mol. The molecule has 1 nitrogen and oxygen atoms in total. The van der Waals surface area contributed by atoms with Crippen LogP contribution in [0.1, 0.15) is 12.8 Å². The molecule has 2 rings (SSSR count). The van der Waals surface area contributed by atoms with Gasteiger partial charge in [-0.1, -0.05) is 0 Å². The van der Waals surface area contributed by atoms with Gasteiger partial charge < -0.3 is 55.1 Å². The molecule has 0 aromatic heterocycles. The van der Waals surface area contributed by atoms with Gasteiger partial charge in [-0.05, 0) is 0 Å². The van der Waals surface area contributed by atoms with Gasteiger partial charge in [0, 0.05) is 0 Å². The van der Waals surface area contributed by atoms with E-state index in [1.54, 1.807) is 0 Å². The molecule has 0 radical (unpaired) electrons. The second-order valence-electron chi connectivity index (χ2n) is 2.65. The summed E-state index contributed by atoms with van der Waals surface area (Å²) >= 11 is 4.28. The topological polar surface area (TPSA) is 28.5 Å². The molecular formula is C10H10Cl4OTi2. The van der Waals surface area contributed by atoms with E-state index in [4.69, 9.17) is 0 Å². The van der Waals surface area contributed by atoms with Crippen LogP contribution in [0, 0.1) is 0 Å².